The number of carbonyl (C=O) groups excluding carboxylic acids is 1. The van der Waals surface area contributed by atoms with Gasteiger partial charge in [0.1, 0.15) is 10.9 Å². The standard InChI is InChI=1S/C16H12ClN3O2S/c1-22-13-5-3-2-4-11(13)12-9-23-16(19-12)20-15(21)10-6-7-14(17)18-8-10/h2-9H,1H3,(H,19,20,21). The molecule has 2 aromatic heterocycles. The lowest BCUT2D eigenvalue weighted by Crippen LogP contribution is -2.11. The average Bonchev–Trinajstić information content (AvgIpc) is 3.03. The number of halogens is 1. The first-order chi connectivity index (χ1) is 11.2. The molecule has 0 saturated heterocycles. The molecule has 3 aromatic rings. The number of thiazole rings is 1. The van der Waals surface area contributed by atoms with Crippen LogP contribution in [0.2, 0.25) is 5.15 Å². The number of carbonyl (C=O) groups is 1. The molecule has 0 saturated carbocycles. The first-order valence-electron chi connectivity index (χ1n) is 6.69. The second-order valence-corrected chi connectivity index (χ2v) is 5.81. The third-order valence-electron chi connectivity index (χ3n) is 3.10. The van der Waals surface area contributed by atoms with Crippen LogP contribution >= 0.6 is 22.9 Å². The monoisotopic (exact) mass is 345 g/mol. The van der Waals surface area contributed by atoms with Crippen LogP contribution in [-0.2, 0) is 0 Å². The van der Waals surface area contributed by atoms with E-state index in [0.717, 1.165) is 17.0 Å². The molecule has 0 atom stereocenters. The third kappa shape index (κ3) is 3.49. The van der Waals surface area contributed by atoms with E-state index in [9.17, 15) is 4.79 Å². The molecule has 0 radical (unpaired) electrons. The number of anilines is 1. The Morgan fingerprint density at radius 3 is 2.83 bits per heavy atom. The molecule has 1 aromatic carbocycles. The van der Waals surface area contributed by atoms with Gasteiger partial charge in [0.2, 0.25) is 0 Å². The molecule has 1 N–H and O–H groups in total. The quantitative estimate of drug-likeness (QED) is 0.722. The minimum absolute atomic E-state index is 0.282. The molecule has 0 aliphatic heterocycles. The molecule has 0 aliphatic carbocycles. The summed E-state index contributed by atoms with van der Waals surface area (Å²) in [4.78, 5) is 20.5. The molecule has 0 unspecified atom stereocenters. The Kier molecular flexibility index (Phi) is 4.55. The van der Waals surface area contributed by atoms with Crippen LogP contribution < -0.4 is 10.1 Å². The largest absolute Gasteiger partial charge is 0.496 e. The molecule has 0 fully saturated rings. The number of methoxy groups -OCH3 is 1. The summed E-state index contributed by atoms with van der Waals surface area (Å²) in [6, 6.07) is 10.8. The van der Waals surface area contributed by atoms with Crippen LogP contribution in [0.3, 0.4) is 0 Å². The summed E-state index contributed by atoms with van der Waals surface area (Å²) in [7, 11) is 1.61. The number of hydrogen-bond donors (Lipinski definition) is 1. The summed E-state index contributed by atoms with van der Waals surface area (Å²) < 4.78 is 5.33. The Morgan fingerprint density at radius 2 is 2.09 bits per heavy atom. The van der Waals surface area contributed by atoms with Crippen molar-refractivity contribution in [3.05, 3.63) is 58.7 Å². The second-order valence-electron chi connectivity index (χ2n) is 4.56. The zero-order chi connectivity index (χ0) is 16.2. The minimum Gasteiger partial charge on any atom is -0.496 e. The van der Waals surface area contributed by atoms with Crippen LogP contribution in [0.4, 0.5) is 5.13 Å². The number of benzene rings is 1. The van der Waals surface area contributed by atoms with Gasteiger partial charge in [-0.3, -0.25) is 10.1 Å². The van der Waals surface area contributed by atoms with E-state index in [0.29, 0.717) is 15.8 Å². The van der Waals surface area contributed by atoms with Crippen molar-refractivity contribution in [1.82, 2.24) is 9.97 Å². The Balaban J connectivity index is 1.79. The summed E-state index contributed by atoms with van der Waals surface area (Å²) in [6.45, 7) is 0. The lowest BCUT2D eigenvalue weighted by atomic mass is 10.1. The number of para-hydroxylation sites is 1. The Labute approximate surface area is 141 Å². The highest BCUT2D eigenvalue weighted by Crippen LogP contribution is 2.31. The maximum atomic E-state index is 12.1. The van der Waals surface area contributed by atoms with Crippen LogP contribution in [0.25, 0.3) is 11.3 Å². The molecular formula is C16H12ClN3O2S. The van der Waals surface area contributed by atoms with Crippen LogP contribution in [0, 0.1) is 0 Å². The molecule has 23 heavy (non-hydrogen) atoms. The summed E-state index contributed by atoms with van der Waals surface area (Å²) in [6.07, 6.45) is 1.42. The van der Waals surface area contributed by atoms with Crippen molar-refractivity contribution in [3.8, 4) is 17.0 Å². The molecule has 116 valence electrons. The summed E-state index contributed by atoms with van der Waals surface area (Å²) in [5, 5.41) is 5.47. The van der Waals surface area contributed by atoms with E-state index in [2.05, 4.69) is 15.3 Å². The van der Waals surface area contributed by atoms with Crippen molar-refractivity contribution in [2.75, 3.05) is 12.4 Å². The maximum Gasteiger partial charge on any atom is 0.259 e. The average molecular weight is 346 g/mol. The van der Waals surface area contributed by atoms with E-state index in [4.69, 9.17) is 16.3 Å². The molecule has 0 bridgehead atoms. The highest BCUT2D eigenvalue weighted by molar-refractivity contribution is 7.14. The van der Waals surface area contributed by atoms with Gasteiger partial charge in [-0.05, 0) is 24.3 Å². The lowest BCUT2D eigenvalue weighted by molar-refractivity contribution is 0.102. The fraction of sp³-hybridized carbons (Fsp3) is 0.0625. The van der Waals surface area contributed by atoms with Crippen molar-refractivity contribution in [2.24, 2.45) is 0 Å². The van der Waals surface area contributed by atoms with Gasteiger partial charge in [-0.15, -0.1) is 11.3 Å². The van der Waals surface area contributed by atoms with Gasteiger partial charge in [0.05, 0.1) is 18.4 Å². The van der Waals surface area contributed by atoms with Gasteiger partial charge < -0.3 is 4.74 Å². The molecule has 0 spiro atoms. The van der Waals surface area contributed by atoms with Crippen LogP contribution in [-0.4, -0.2) is 23.0 Å². The number of nitrogens with one attached hydrogen (secondary N) is 1. The predicted molar refractivity (Wildman–Crippen MR) is 91.3 cm³/mol. The topological polar surface area (TPSA) is 64.1 Å². The number of nitrogens with zero attached hydrogens (tertiary/aromatic N) is 2. The predicted octanol–water partition coefficient (Wildman–Crippen LogP) is 4.12. The van der Waals surface area contributed by atoms with E-state index in [1.54, 1.807) is 19.2 Å². The number of aromatic nitrogens is 2. The number of pyridine rings is 1. The third-order valence-corrected chi connectivity index (χ3v) is 4.08. The molecular weight excluding hydrogens is 334 g/mol. The molecule has 3 rings (SSSR count). The normalized spacial score (nSPS) is 10.3. The smallest absolute Gasteiger partial charge is 0.259 e. The lowest BCUT2D eigenvalue weighted by Gasteiger charge is -2.05. The Morgan fingerprint density at radius 1 is 1.26 bits per heavy atom. The van der Waals surface area contributed by atoms with Crippen molar-refractivity contribution in [2.45, 2.75) is 0 Å². The number of hydrogen-bond acceptors (Lipinski definition) is 5. The van der Waals surface area contributed by atoms with Crippen molar-refractivity contribution in [3.63, 3.8) is 0 Å². The molecule has 7 heteroatoms. The van der Waals surface area contributed by atoms with Crippen molar-refractivity contribution < 1.29 is 9.53 Å². The molecule has 0 aliphatic rings. The van der Waals surface area contributed by atoms with Gasteiger partial charge in [-0.2, -0.15) is 0 Å². The van der Waals surface area contributed by atoms with Gasteiger partial charge >= 0.3 is 0 Å². The van der Waals surface area contributed by atoms with Crippen LogP contribution in [0.15, 0.2) is 48.0 Å². The van der Waals surface area contributed by atoms with E-state index < -0.39 is 0 Å². The summed E-state index contributed by atoms with van der Waals surface area (Å²) in [5.74, 6) is 0.452. The van der Waals surface area contributed by atoms with Gasteiger partial charge in [0.15, 0.2) is 5.13 Å². The van der Waals surface area contributed by atoms with E-state index in [1.165, 1.54) is 17.5 Å². The Hall–Kier alpha value is -2.44. The fourth-order valence-corrected chi connectivity index (χ4v) is 2.81. The Bertz CT molecular complexity index is 833. The molecule has 2 heterocycles. The molecule has 1 amide bonds. The highest BCUT2D eigenvalue weighted by Gasteiger charge is 2.12. The van der Waals surface area contributed by atoms with Crippen molar-refractivity contribution >= 4 is 34.0 Å². The highest BCUT2D eigenvalue weighted by atomic mass is 35.5. The number of rotatable bonds is 4. The van der Waals surface area contributed by atoms with Gasteiger partial charge in [0.25, 0.3) is 5.91 Å². The van der Waals surface area contributed by atoms with Gasteiger partial charge in [-0.1, -0.05) is 23.7 Å². The van der Waals surface area contributed by atoms with Gasteiger partial charge in [0, 0.05) is 17.1 Å². The number of amides is 1. The van der Waals surface area contributed by atoms with Gasteiger partial charge in [-0.25, -0.2) is 9.97 Å². The summed E-state index contributed by atoms with van der Waals surface area (Å²) >= 11 is 7.06. The first kappa shape index (κ1) is 15.5. The van der Waals surface area contributed by atoms with E-state index in [1.807, 2.05) is 29.6 Å². The fourth-order valence-electron chi connectivity index (χ4n) is 1.99. The van der Waals surface area contributed by atoms with E-state index >= 15 is 0 Å². The zero-order valence-corrected chi connectivity index (χ0v) is 13.7. The molecule has 5 nitrogen and oxygen atoms in total. The second kappa shape index (κ2) is 6.76. The van der Waals surface area contributed by atoms with Crippen molar-refractivity contribution in [1.29, 1.82) is 0 Å². The first-order valence-corrected chi connectivity index (χ1v) is 7.95. The zero-order valence-electron chi connectivity index (χ0n) is 12.1. The maximum absolute atomic E-state index is 12.1. The minimum atomic E-state index is -0.282. The number of ether oxygens (including phenoxy) is 1. The SMILES string of the molecule is COc1ccccc1-c1csc(NC(=O)c2ccc(Cl)nc2)n1. The van der Waals surface area contributed by atoms with Crippen LogP contribution in [0.1, 0.15) is 10.4 Å². The van der Waals surface area contributed by atoms with E-state index in [-0.39, 0.29) is 5.91 Å². The summed E-state index contributed by atoms with van der Waals surface area (Å²) in [5.41, 5.74) is 2.04. The van der Waals surface area contributed by atoms with Crippen LogP contribution in [0.5, 0.6) is 5.75 Å².